The minimum Gasteiger partial charge on any atom is -0.313 e. The molecule has 3 heteroatoms. The van der Waals surface area contributed by atoms with Crippen LogP contribution in [-0.4, -0.2) is 36.6 Å². The van der Waals surface area contributed by atoms with Crippen molar-refractivity contribution < 1.29 is 0 Å². The molecule has 1 aliphatic rings. The van der Waals surface area contributed by atoms with Crippen LogP contribution in [-0.2, 0) is 6.42 Å². The van der Waals surface area contributed by atoms with Crippen LogP contribution in [0.5, 0.6) is 0 Å². The number of nitrogens with one attached hydrogen (secondary N) is 1. The van der Waals surface area contributed by atoms with E-state index < -0.39 is 0 Å². The minimum absolute atomic E-state index is 0.633. The fourth-order valence-electron chi connectivity index (χ4n) is 2.39. The monoisotopic (exact) mass is 238 g/mol. The Balaban J connectivity index is 1.89. The summed E-state index contributed by atoms with van der Waals surface area (Å²) >= 11 is 1.88. The van der Waals surface area contributed by atoms with E-state index in [1.807, 2.05) is 11.3 Å². The fraction of sp³-hybridized carbons (Fsp3) is 0.692. The van der Waals surface area contributed by atoms with E-state index in [0.717, 1.165) is 0 Å². The zero-order valence-electron chi connectivity index (χ0n) is 10.3. The lowest BCUT2D eigenvalue weighted by Gasteiger charge is -2.28. The molecule has 2 unspecified atom stereocenters. The molecule has 0 saturated carbocycles. The molecule has 0 amide bonds. The largest absolute Gasteiger partial charge is 0.313 e. The summed E-state index contributed by atoms with van der Waals surface area (Å²) in [4.78, 5) is 4.14. The van der Waals surface area contributed by atoms with Crippen molar-refractivity contribution in [3.63, 3.8) is 0 Å². The van der Waals surface area contributed by atoms with Crippen molar-refractivity contribution in [2.24, 2.45) is 0 Å². The van der Waals surface area contributed by atoms with Crippen LogP contribution < -0.4 is 5.32 Å². The van der Waals surface area contributed by atoms with Gasteiger partial charge < -0.3 is 5.32 Å². The molecule has 1 aromatic rings. The first kappa shape index (κ1) is 12.1. The van der Waals surface area contributed by atoms with Gasteiger partial charge in [-0.05, 0) is 51.2 Å². The third-order valence-electron chi connectivity index (χ3n) is 3.32. The van der Waals surface area contributed by atoms with Crippen LogP contribution in [0.4, 0.5) is 0 Å². The molecular formula is C13H22N2S. The molecule has 1 aromatic heterocycles. The van der Waals surface area contributed by atoms with E-state index in [-0.39, 0.29) is 0 Å². The van der Waals surface area contributed by atoms with Crippen molar-refractivity contribution >= 4 is 11.3 Å². The second-order valence-corrected chi connectivity index (χ2v) is 5.87. The number of hydrogen-bond donors (Lipinski definition) is 1. The highest BCUT2D eigenvalue weighted by atomic mass is 32.1. The summed E-state index contributed by atoms with van der Waals surface area (Å²) in [6.45, 7) is 8.24. The summed E-state index contributed by atoms with van der Waals surface area (Å²) in [6.07, 6.45) is 2.48. The molecule has 90 valence electrons. The Bertz CT molecular complexity index is 297. The van der Waals surface area contributed by atoms with Crippen LogP contribution in [0.2, 0.25) is 0 Å². The summed E-state index contributed by atoms with van der Waals surface area (Å²) in [5.74, 6) is 0. The zero-order chi connectivity index (χ0) is 11.4. The normalized spacial score (nSPS) is 25.2. The van der Waals surface area contributed by atoms with Gasteiger partial charge in [-0.15, -0.1) is 11.3 Å². The van der Waals surface area contributed by atoms with Gasteiger partial charge in [0.05, 0.1) is 0 Å². The molecule has 1 aliphatic heterocycles. The van der Waals surface area contributed by atoms with Crippen LogP contribution in [0.15, 0.2) is 17.5 Å². The van der Waals surface area contributed by atoms with Crippen LogP contribution in [0, 0.1) is 0 Å². The van der Waals surface area contributed by atoms with Crippen molar-refractivity contribution in [3.8, 4) is 0 Å². The first-order valence-electron chi connectivity index (χ1n) is 6.25. The molecule has 1 N–H and O–H groups in total. The second-order valence-electron chi connectivity index (χ2n) is 4.84. The molecule has 0 aliphatic carbocycles. The molecule has 2 rings (SSSR count). The van der Waals surface area contributed by atoms with E-state index in [1.165, 1.54) is 37.4 Å². The predicted octanol–water partition coefficient (Wildman–Crippen LogP) is 2.36. The molecule has 1 fully saturated rings. The summed E-state index contributed by atoms with van der Waals surface area (Å²) in [7, 11) is 0. The maximum absolute atomic E-state index is 3.55. The van der Waals surface area contributed by atoms with E-state index in [0.29, 0.717) is 12.1 Å². The molecule has 0 aromatic carbocycles. The van der Waals surface area contributed by atoms with Gasteiger partial charge in [-0.25, -0.2) is 0 Å². The third kappa shape index (κ3) is 3.30. The Labute approximate surface area is 103 Å². The highest BCUT2D eigenvalue weighted by Gasteiger charge is 2.19. The molecule has 0 spiro atoms. The van der Waals surface area contributed by atoms with Gasteiger partial charge in [0.1, 0.15) is 0 Å². The van der Waals surface area contributed by atoms with Crippen LogP contribution in [0.25, 0.3) is 0 Å². The Morgan fingerprint density at radius 1 is 1.62 bits per heavy atom. The molecule has 2 atom stereocenters. The summed E-state index contributed by atoms with van der Waals surface area (Å²) in [5.41, 5.74) is 0. The topological polar surface area (TPSA) is 15.3 Å². The van der Waals surface area contributed by atoms with Gasteiger partial charge in [-0.1, -0.05) is 6.07 Å². The van der Waals surface area contributed by atoms with Gasteiger partial charge in [0.15, 0.2) is 0 Å². The van der Waals surface area contributed by atoms with Crippen molar-refractivity contribution in [3.05, 3.63) is 22.4 Å². The lowest BCUT2D eigenvalue weighted by molar-refractivity contribution is 0.208. The van der Waals surface area contributed by atoms with E-state index in [4.69, 9.17) is 0 Å². The van der Waals surface area contributed by atoms with E-state index in [1.54, 1.807) is 0 Å². The Morgan fingerprint density at radius 3 is 3.25 bits per heavy atom. The van der Waals surface area contributed by atoms with Gasteiger partial charge in [0.25, 0.3) is 0 Å². The van der Waals surface area contributed by atoms with Crippen LogP contribution in [0.1, 0.15) is 25.1 Å². The fourth-order valence-corrected chi connectivity index (χ4v) is 3.21. The standard InChI is InChI=1S/C13H22N2S/c1-11-10-15(7-4-6-14-11)12(2)9-13-5-3-8-16-13/h3,5,8,11-12,14H,4,6-7,9-10H2,1-2H3. The molecule has 2 nitrogen and oxygen atoms in total. The van der Waals surface area contributed by atoms with Gasteiger partial charge in [0.2, 0.25) is 0 Å². The first-order chi connectivity index (χ1) is 7.75. The maximum Gasteiger partial charge on any atom is 0.0166 e. The van der Waals surface area contributed by atoms with Crippen molar-refractivity contribution in [1.29, 1.82) is 0 Å². The average Bonchev–Trinajstić information content (AvgIpc) is 2.65. The van der Waals surface area contributed by atoms with Crippen molar-refractivity contribution in [2.75, 3.05) is 19.6 Å². The number of hydrogen-bond acceptors (Lipinski definition) is 3. The summed E-state index contributed by atoms with van der Waals surface area (Å²) in [6, 6.07) is 5.70. The molecular weight excluding hydrogens is 216 g/mol. The van der Waals surface area contributed by atoms with Crippen LogP contribution >= 0.6 is 11.3 Å². The maximum atomic E-state index is 3.55. The molecule has 1 saturated heterocycles. The van der Waals surface area contributed by atoms with Gasteiger partial charge >= 0.3 is 0 Å². The second kappa shape index (κ2) is 5.80. The van der Waals surface area contributed by atoms with Gasteiger partial charge in [-0.2, -0.15) is 0 Å². The lowest BCUT2D eigenvalue weighted by Crippen LogP contribution is -2.41. The number of nitrogens with zero attached hydrogens (tertiary/aromatic N) is 1. The lowest BCUT2D eigenvalue weighted by atomic mass is 10.1. The highest BCUT2D eigenvalue weighted by Crippen LogP contribution is 2.15. The van der Waals surface area contributed by atoms with E-state index >= 15 is 0 Å². The third-order valence-corrected chi connectivity index (χ3v) is 4.22. The Morgan fingerprint density at radius 2 is 2.50 bits per heavy atom. The average molecular weight is 238 g/mol. The predicted molar refractivity (Wildman–Crippen MR) is 71.1 cm³/mol. The summed E-state index contributed by atoms with van der Waals surface area (Å²) in [5, 5.41) is 5.72. The SMILES string of the molecule is CC1CN(C(C)Cc2cccs2)CCCN1. The van der Waals surface area contributed by atoms with Crippen LogP contribution in [0.3, 0.4) is 0 Å². The minimum atomic E-state index is 0.633. The molecule has 16 heavy (non-hydrogen) atoms. The van der Waals surface area contributed by atoms with Crippen molar-refractivity contribution in [2.45, 2.75) is 38.8 Å². The highest BCUT2D eigenvalue weighted by molar-refractivity contribution is 7.09. The molecule has 0 radical (unpaired) electrons. The molecule has 0 bridgehead atoms. The Hall–Kier alpha value is -0.380. The Kier molecular flexibility index (Phi) is 4.38. The van der Waals surface area contributed by atoms with E-state index in [2.05, 4.69) is 41.6 Å². The summed E-state index contributed by atoms with van der Waals surface area (Å²) < 4.78 is 0. The smallest absolute Gasteiger partial charge is 0.0166 e. The quantitative estimate of drug-likeness (QED) is 0.869. The van der Waals surface area contributed by atoms with E-state index in [9.17, 15) is 0 Å². The number of rotatable bonds is 3. The zero-order valence-corrected chi connectivity index (χ0v) is 11.1. The van der Waals surface area contributed by atoms with Crippen molar-refractivity contribution in [1.82, 2.24) is 10.2 Å². The first-order valence-corrected chi connectivity index (χ1v) is 7.13. The van der Waals surface area contributed by atoms with Gasteiger partial charge in [0, 0.05) is 23.5 Å². The molecule has 2 heterocycles. The van der Waals surface area contributed by atoms with Gasteiger partial charge in [-0.3, -0.25) is 4.90 Å². The number of thiophene rings is 1.